The molecule has 8 heteroatoms. The Hall–Kier alpha value is -1.08. The van der Waals surface area contributed by atoms with Crippen molar-refractivity contribution in [2.75, 3.05) is 19.8 Å². The number of aliphatic hydroxyl groups excluding tert-OH is 2. The van der Waals surface area contributed by atoms with E-state index in [1.165, 1.54) is 0 Å². The average molecular weight is 343 g/mol. The fraction of sp³-hybridized carbons (Fsp3) is 0.571. The first kappa shape index (κ1) is 32.8. The van der Waals surface area contributed by atoms with Gasteiger partial charge in [0.15, 0.2) is 0 Å². The summed E-state index contributed by atoms with van der Waals surface area (Å²) in [7, 11) is -2.79. The lowest BCUT2D eigenvalue weighted by Gasteiger charge is -1.91. The van der Waals surface area contributed by atoms with Gasteiger partial charge in [-0.25, -0.2) is 5.26 Å². The molecule has 0 bridgehead atoms. The Balaban J connectivity index is -0.0000000574. The van der Waals surface area contributed by atoms with Crippen LogP contribution in [0, 0.1) is 0 Å². The van der Waals surface area contributed by atoms with Crippen LogP contribution in [-0.2, 0) is 14.0 Å². The Morgan fingerprint density at radius 2 is 1.41 bits per heavy atom. The third-order valence-electron chi connectivity index (χ3n) is 0.724. The lowest BCUT2D eigenvalue weighted by Crippen LogP contribution is -1.85. The van der Waals surface area contributed by atoms with Crippen molar-refractivity contribution < 1.29 is 34.3 Å². The second-order valence-electron chi connectivity index (χ2n) is 2.92. The molecule has 1 atom stereocenters. The number of aliphatic hydroxyl groups is 2. The van der Waals surface area contributed by atoms with Crippen LogP contribution in [0.2, 0.25) is 0 Å². The summed E-state index contributed by atoms with van der Waals surface area (Å²) in [6.07, 6.45) is 8.18. The number of hydrogen-bond donors (Lipinski definition) is 4. The summed E-state index contributed by atoms with van der Waals surface area (Å²) >= 11 is 0. The highest BCUT2D eigenvalue weighted by Gasteiger charge is 2.06. The molecule has 0 heterocycles. The van der Waals surface area contributed by atoms with Gasteiger partial charge in [0.2, 0.25) is 0 Å². The van der Waals surface area contributed by atoms with E-state index in [1.54, 1.807) is 18.4 Å². The molecule has 7 nitrogen and oxygen atoms in total. The minimum atomic E-state index is -2.79. The predicted octanol–water partition coefficient (Wildman–Crippen LogP) is 3.43. The number of allylic oxidation sites excluding steroid dienone is 3. The van der Waals surface area contributed by atoms with Gasteiger partial charge in [-0.3, -0.25) is 0 Å². The van der Waals surface area contributed by atoms with Gasteiger partial charge in [-0.1, -0.05) is 25.2 Å². The standard InChI is InChI=1S/C6H12O.2C3H6.C2H6O2.HO4P/c1-3-5-7-6-4-2;2*1-3-2;3-1-2-4;1-4-5(2)3/h3,5H,4,6H2,1-2H3;2*3H,1H2,2H3;3-4H,1-2H2;(H-,1,2,3)/p+1/b5-3-;;;;. The van der Waals surface area contributed by atoms with E-state index in [2.05, 4.69) is 24.8 Å². The Bertz CT molecular complexity index is 213. The summed E-state index contributed by atoms with van der Waals surface area (Å²) in [5.41, 5.74) is 0. The molecule has 0 aliphatic carbocycles. The van der Waals surface area contributed by atoms with E-state index in [0.717, 1.165) is 13.0 Å². The maximum atomic E-state index is 9.04. The van der Waals surface area contributed by atoms with Gasteiger partial charge in [-0.05, 0) is 27.2 Å². The predicted molar refractivity (Wildman–Crippen MR) is 90.5 cm³/mol. The van der Waals surface area contributed by atoms with Crippen LogP contribution >= 0.6 is 8.25 Å². The van der Waals surface area contributed by atoms with Crippen LogP contribution in [0.3, 0.4) is 0 Å². The molecule has 0 saturated heterocycles. The molecule has 4 N–H and O–H groups in total. The van der Waals surface area contributed by atoms with E-state index in [4.69, 9.17) is 29.7 Å². The minimum absolute atomic E-state index is 0.125. The van der Waals surface area contributed by atoms with Crippen molar-refractivity contribution in [3.8, 4) is 0 Å². The average Bonchev–Trinajstić information content (AvgIpc) is 2.50. The molecular weight excluding hydrogens is 311 g/mol. The first-order valence-electron chi connectivity index (χ1n) is 6.49. The topological polar surface area (TPSA) is 116 Å². The van der Waals surface area contributed by atoms with Crippen LogP contribution in [-0.4, -0.2) is 40.2 Å². The Labute approximate surface area is 135 Å². The maximum Gasteiger partial charge on any atom is 0.725 e. The minimum Gasteiger partial charge on any atom is -0.502 e. The zero-order valence-electron chi connectivity index (χ0n) is 14.0. The summed E-state index contributed by atoms with van der Waals surface area (Å²) in [5.74, 6) is 0. The number of rotatable bonds is 5. The Morgan fingerprint density at radius 1 is 1.09 bits per heavy atom. The molecule has 134 valence electrons. The summed E-state index contributed by atoms with van der Waals surface area (Å²) < 4.78 is 16.8. The van der Waals surface area contributed by atoms with Gasteiger partial charge in [0.05, 0.1) is 30.8 Å². The second-order valence-corrected chi connectivity index (χ2v) is 3.56. The molecule has 0 radical (unpaired) electrons. The zero-order valence-corrected chi connectivity index (χ0v) is 14.9. The van der Waals surface area contributed by atoms with Crippen LogP contribution in [0.15, 0.2) is 37.6 Å². The van der Waals surface area contributed by atoms with Gasteiger partial charge in [-0.15, -0.1) is 18.1 Å². The van der Waals surface area contributed by atoms with E-state index in [1.807, 2.05) is 26.8 Å². The van der Waals surface area contributed by atoms with E-state index in [0.29, 0.717) is 0 Å². The van der Waals surface area contributed by atoms with Gasteiger partial charge >= 0.3 is 8.25 Å². The SMILES string of the molecule is C/C=C\OCCC.C=CC.C=CC.O=[P+](O)OO.OCCO. The molecule has 0 spiro atoms. The highest BCUT2D eigenvalue weighted by atomic mass is 31.1. The maximum absolute atomic E-state index is 9.04. The number of hydrogen-bond acceptors (Lipinski definition) is 6. The van der Waals surface area contributed by atoms with Crippen molar-refractivity contribution >= 4 is 8.25 Å². The third kappa shape index (κ3) is 173. The van der Waals surface area contributed by atoms with Crippen molar-refractivity contribution in [1.29, 1.82) is 0 Å². The smallest absolute Gasteiger partial charge is 0.502 e. The molecule has 0 aliphatic rings. The quantitative estimate of drug-likeness (QED) is 0.151. The molecule has 0 aromatic carbocycles. The highest BCUT2D eigenvalue weighted by Crippen LogP contribution is 2.09. The van der Waals surface area contributed by atoms with Crippen molar-refractivity contribution in [1.82, 2.24) is 0 Å². The fourth-order valence-corrected chi connectivity index (χ4v) is 0.282. The van der Waals surface area contributed by atoms with Gasteiger partial charge < -0.3 is 14.9 Å². The zero-order chi connectivity index (χ0) is 18.6. The molecule has 0 fully saturated rings. The van der Waals surface area contributed by atoms with E-state index >= 15 is 0 Å². The summed E-state index contributed by atoms with van der Waals surface area (Å²) in [6, 6.07) is 0. The molecule has 0 amide bonds. The summed E-state index contributed by atoms with van der Waals surface area (Å²) in [5, 5.41) is 22.4. The molecule has 22 heavy (non-hydrogen) atoms. The molecule has 0 saturated carbocycles. The first-order valence-corrected chi connectivity index (χ1v) is 7.62. The van der Waals surface area contributed by atoms with Crippen LogP contribution in [0.1, 0.15) is 34.1 Å². The second kappa shape index (κ2) is 50.2. The monoisotopic (exact) mass is 343 g/mol. The van der Waals surface area contributed by atoms with Gasteiger partial charge in [0.25, 0.3) is 0 Å². The van der Waals surface area contributed by atoms with Crippen LogP contribution < -0.4 is 0 Å². The third-order valence-corrected chi connectivity index (χ3v) is 0.864. The number of ether oxygens (including phenoxy) is 1. The van der Waals surface area contributed by atoms with E-state index in [-0.39, 0.29) is 13.2 Å². The molecule has 0 aromatic heterocycles. The normalized spacial score (nSPS) is 8.27. The van der Waals surface area contributed by atoms with Crippen molar-refractivity contribution in [3.63, 3.8) is 0 Å². The van der Waals surface area contributed by atoms with Crippen molar-refractivity contribution in [3.05, 3.63) is 37.6 Å². The van der Waals surface area contributed by atoms with E-state index < -0.39 is 8.25 Å². The molecular formula is C14H32O7P+. The lowest BCUT2D eigenvalue weighted by atomic mass is 10.5. The van der Waals surface area contributed by atoms with Crippen molar-refractivity contribution in [2.24, 2.45) is 0 Å². The van der Waals surface area contributed by atoms with Gasteiger partial charge in [-0.2, -0.15) is 0 Å². The summed E-state index contributed by atoms with van der Waals surface area (Å²) in [6.45, 7) is 15.1. The van der Waals surface area contributed by atoms with Gasteiger partial charge in [0.1, 0.15) is 0 Å². The molecule has 0 aromatic rings. The van der Waals surface area contributed by atoms with Crippen LogP contribution in [0.4, 0.5) is 0 Å². The Kier molecular flexibility index (Phi) is 74.7. The molecule has 1 unspecified atom stereocenters. The molecule has 0 aliphatic heterocycles. The largest absolute Gasteiger partial charge is 0.725 e. The summed E-state index contributed by atoms with van der Waals surface area (Å²) in [4.78, 5) is 7.40. The first-order chi connectivity index (χ1) is 10.4. The Morgan fingerprint density at radius 3 is 1.55 bits per heavy atom. The highest BCUT2D eigenvalue weighted by molar-refractivity contribution is 7.31. The van der Waals surface area contributed by atoms with Crippen LogP contribution in [0.25, 0.3) is 0 Å². The van der Waals surface area contributed by atoms with E-state index in [9.17, 15) is 0 Å². The van der Waals surface area contributed by atoms with Crippen LogP contribution in [0.5, 0.6) is 0 Å². The molecule has 0 rings (SSSR count). The van der Waals surface area contributed by atoms with Crippen molar-refractivity contribution in [2.45, 2.75) is 34.1 Å². The lowest BCUT2D eigenvalue weighted by molar-refractivity contribution is -0.138. The van der Waals surface area contributed by atoms with Gasteiger partial charge in [0, 0.05) is 4.57 Å². The fourth-order valence-electron chi connectivity index (χ4n) is 0.282.